The molecular formula is C41H72NO3+. The lowest BCUT2D eigenvalue weighted by Gasteiger charge is -2.77. The van der Waals surface area contributed by atoms with E-state index in [1.165, 1.54) is 96.3 Å². The third-order valence-corrected chi connectivity index (χ3v) is 16.6. The fourth-order valence-electron chi connectivity index (χ4n) is 13.7. The highest BCUT2D eigenvalue weighted by Gasteiger charge is 2.75. The zero-order valence-electron chi connectivity index (χ0n) is 31.4. The first-order valence-electron chi connectivity index (χ1n) is 19.7. The van der Waals surface area contributed by atoms with Gasteiger partial charge in [0.25, 0.3) is 0 Å². The molecule has 4 aliphatic carbocycles. The molecule has 2 heterocycles. The van der Waals surface area contributed by atoms with Crippen molar-refractivity contribution < 1.29 is 18.8 Å². The smallest absolute Gasteiger partial charge is 0.362 e. The number of quaternary nitrogens is 1. The zero-order chi connectivity index (χ0) is 32.7. The largest absolute Gasteiger partial charge is 0.458 e. The molecule has 6 aliphatic rings. The van der Waals surface area contributed by atoms with Crippen molar-refractivity contribution in [2.24, 2.45) is 50.7 Å². The van der Waals surface area contributed by atoms with Crippen molar-refractivity contribution in [1.82, 2.24) is 0 Å². The number of rotatable bonds is 10. The van der Waals surface area contributed by atoms with Crippen LogP contribution in [0.1, 0.15) is 158 Å². The van der Waals surface area contributed by atoms with Gasteiger partial charge < -0.3 is 14.0 Å². The van der Waals surface area contributed by atoms with E-state index in [9.17, 15) is 4.79 Å². The average Bonchev–Trinajstić information content (AvgIpc) is 2.92. The van der Waals surface area contributed by atoms with Crippen molar-refractivity contribution in [3.05, 3.63) is 0 Å². The summed E-state index contributed by atoms with van der Waals surface area (Å²) in [5.41, 5.74) is 1.65. The van der Waals surface area contributed by atoms with Crippen molar-refractivity contribution in [3.8, 4) is 0 Å². The van der Waals surface area contributed by atoms with Gasteiger partial charge in [-0.25, -0.2) is 4.79 Å². The second kappa shape index (κ2) is 11.5. The lowest BCUT2D eigenvalue weighted by molar-refractivity contribution is -0.883. The highest BCUT2D eigenvalue weighted by Crippen LogP contribution is 2.78. The number of carbonyl (C=O) groups is 1. The topological polar surface area (TPSA) is 35.5 Å². The monoisotopic (exact) mass is 627 g/mol. The van der Waals surface area contributed by atoms with E-state index < -0.39 is 0 Å². The molecule has 0 aromatic carbocycles. The minimum Gasteiger partial charge on any atom is -0.458 e. The Hall–Kier alpha value is -0.610. The third-order valence-electron chi connectivity index (χ3n) is 16.6. The Bertz CT molecular complexity index is 1110. The van der Waals surface area contributed by atoms with Crippen LogP contribution in [0.2, 0.25) is 0 Å². The standard InChI is InChI=1S/C41H72NO3/c1-11-12-13-14-15-16-27-42(9,10)28-33(43)44-32-20-21-38(6)30(37(32,4)5)19-22-40(8)31(38)18-17-29-34-35-36(2,3)23-25-41(34,45-35)26-24-39(29,40)7/h29-32,34-35H,11-28H2,1-10H3/q+1/t29-,30+,31-,32+,34+,35+,38+,39-,40-,41+/m1/s1. The van der Waals surface area contributed by atoms with Gasteiger partial charge in [0.2, 0.25) is 0 Å². The Morgan fingerprint density at radius 2 is 1.44 bits per heavy atom. The SMILES string of the molecule is CCCCCCCC[N+](C)(C)CC(=O)O[C@H]1CC[C@]2(C)[C@H]3CC[C@@H]4[C@H]5[C@@H]6O[C@@]5(CCC6(C)C)CC[C@@]4(C)[C@]3(C)CC[C@H]2C1(C)C. The van der Waals surface area contributed by atoms with E-state index in [2.05, 4.69) is 69.5 Å². The van der Waals surface area contributed by atoms with Gasteiger partial charge in [0, 0.05) is 11.3 Å². The highest BCUT2D eigenvalue weighted by atomic mass is 16.5. The summed E-state index contributed by atoms with van der Waals surface area (Å²) in [5.74, 6) is 2.98. The number of likely N-dealkylation sites (N-methyl/N-ethyl adjacent to an activating group) is 1. The number of nitrogens with zero attached hydrogens (tertiary/aromatic N) is 1. The quantitative estimate of drug-likeness (QED) is 0.138. The first kappa shape index (κ1) is 34.3. The molecule has 2 bridgehead atoms. The summed E-state index contributed by atoms with van der Waals surface area (Å²) in [6.45, 7) is 21.9. The van der Waals surface area contributed by atoms with Crippen molar-refractivity contribution >= 4 is 5.97 Å². The summed E-state index contributed by atoms with van der Waals surface area (Å²) in [6, 6.07) is 0. The summed E-state index contributed by atoms with van der Waals surface area (Å²) in [5, 5.41) is 0. The maximum atomic E-state index is 13.4. The first-order valence-corrected chi connectivity index (χ1v) is 19.7. The molecular weight excluding hydrogens is 554 g/mol. The molecule has 6 fully saturated rings. The number of ether oxygens (including phenoxy) is 2. The Kier molecular flexibility index (Phi) is 8.74. The summed E-state index contributed by atoms with van der Waals surface area (Å²) in [7, 11) is 4.43. The third kappa shape index (κ3) is 5.30. The summed E-state index contributed by atoms with van der Waals surface area (Å²) in [6.07, 6.45) is 21.2. The van der Waals surface area contributed by atoms with E-state index in [0.717, 1.165) is 35.2 Å². The van der Waals surface area contributed by atoms with E-state index in [4.69, 9.17) is 9.47 Å². The van der Waals surface area contributed by atoms with Gasteiger partial charge in [-0.05, 0) is 116 Å². The summed E-state index contributed by atoms with van der Waals surface area (Å²) < 4.78 is 14.1. The first-order chi connectivity index (χ1) is 21.0. The van der Waals surface area contributed by atoms with E-state index in [-0.39, 0.29) is 23.1 Å². The van der Waals surface area contributed by atoms with Gasteiger partial charge in [0.05, 0.1) is 32.3 Å². The molecule has 0 amide bonds. The Labute approximate surface area is 278 Å². The van der Waals surface area contributed by atoms with Gasteiger partial charge in [-0.15, -0.1) is 0 Å². The number of unbranched alkanes of at least 4 members (excludes halogenated alkanes) is 5. The molecule has 0 N–H and O–H groups in total. The second-order valence-electron chi connectivity index (χ2n) is 20.2. The number of esters is 1. The Morgan fingerprint density at radius 3 is 2.16 bits per heavy atom. The van der Waals surface area contributed by atoms with Crippen LogP contribution in [0.4, 0.5) is 0 Å². The number of hydrogen-bond acceptors (Lipinski definition) is 3. The molecule has 0 radical (unpaired) electrons. The van der Waals surface area contributed by atoms with Gasteiger partial charge in [-0.2, -0.15) is 0 Å². The molecule has 2 aliphatic heterocycles. The fraction of sp³-hybridized carbons (Fsp3) is 0.976. The van der Waals surface area contributed by atoms with Crippen molar-refractivity contribution in [2.45, 2.75) is 176 Å². The van der Waals surface area contributed by atoms with E-state index in [1.54, 1.807) is 0 Å². The minimum absolute atomic E-state index is 0.0116. The van der Waals surface area contributed by atoms with Crippen LogP contribution in [-0.2, 0) is 14.3 Å². The highest BCUT2D eigenvalue weighted by molar-refractivity contribution is 5.70. The lowest BCUT2D eigenvalue weighted by Crippen LogP contribution is -2.77. The molecule has 1 spiro atoms. The summed E-state index contributed by atoms with van der Waals surface area (Å²) in [4.78, 5) is 13.4. The van der Waals surface area contributed by atoms with Crippen molar-refractivity contribution in [2.75, 3.05) is 27.2 Å². The van der Waals surface area contributed by atoms with Gasteiger partial charge in [-0.3, -0.25) is 0 Å². The van der Waals surface area contributed by atoms with E-state index in [0.29, 0.717) is 40.2 Å². The predicted molar refractivity (Wildman–Crippen MR) is 185 cm³/mol. The molecule has 2 saturated heterocycles. The van der Waals surface area contributed by atoms with E-state index >= 15 is 0 Å². The Morgan fingerprint density at radius 1 is 0.756 bits per heavy atom. The maximum absolute atomic E-state index is 13.4. The fourth-order valence-corrected chi connectivity index (χ4v) is 13.7. The molecule has 10 atom stereocenters. The van der Waals surface area contributed by atoms with Gasteiger partial charge >= 0.3 is 5.97 Å². The van der Waals surface area contributed by atoms with Crippen LogP contribution in [0, 0.1) is 50.7 Å². The van der Waals surface area contributed by atoms with Crippen LogP contribution in [0.25, 0.3) is 0 Å². The average molecular weight is 627 g/mol. The van der Waals surface area contributed by atoms with E-state index in [1.807, 2.05) is 0 Å². The Balaban J connectivity index is 1.12. The van der Waals surface area contributed by atoms with Crippen LogP contribution >= 0.6 is 0 Å². The van der Waals surface area contributed by atoms with Crippen LogP contribution in [0.5, 0.6) is 0 Å². The number of fused-ring (bicyclic) bond motifs is 8. The molecule has 258 valence electrons. The number of hydrogen-bond donors (Lipinski definition) is 0. The normalized spacial score (nSPS) is 46.1. The minimum atomic E-state index is 0.0116. The van der Waals surface area contributed by atoms with Crippen LogP contribution < -0.4 is 0 Å². The molecule has 6 rings (SSSR count). The van der Waals surface area contributed by atoms with Crippen molar-refractivity contribution in [1.29, 1.82) is 0 Å². The van der Waals surface area contributed by atoms with Crippen LogP contribution in [0.15, 0.2) is 0 Å². The van der Waals surface area contributed by atoms with Gasteiger partial charge in [0.15, 0.2) is 6.54 Å². The molecule has 0 unspecified atom stereocenters. The van der Waals surface area contributed by atoms with Crippen molar-refractivity contribution in [3.63, 3.8) is 0 Å². The van der Waals surface area contributed by atoms with Gasteiger partial charge in [-0.1, -0.05) is 81.1 Å². The van der Waals surface area contributed by atoms with Crippen LogP contribution in [-0.4, -0.2) is 55.4 Å². The zero-order valence-corrected chi connectivity index (χ0v) is 31.4. The molecule has 0 aromatic rings. The van der Waals surface area contributed by atoms with Gasteiger partial charge in [0.1, 0.15) is 6.10 Å². The molecule has 0 aromatic heterocycles. The number of carbonyl (C=O) groups excluding carboxylic acids is 1. The lowest BCUT2D eigenvalue weighted by atomic mass is 9.31. The summed E-state index contributed by atoms with van der Waals surface area (Å²) >= 11 is 0. The second-order valence-corrected chi connectivity index (χ2v) is 20.2. The molecule has 4 heteroatoms. The van der Waals surface area contributed by atoms with Crippen LogP contribution in [0.3, 0.4) is 0 Å². The molecule has 45 heavy (non-hydrogen) atoms. The molecule has 4 nitrogen and oxygen atoms in total. The molecule has 4 saturated carbocycles. The maximum Gasteiger partial charge on any atom is 0.362 e. The predicted octanol–water partition coefficient (Wildman–Crippen LogP) is 9.98.